The van der Waals surface area contributed by atoms with Gasteiger partial charge in [0.25, 0.3) is 5.56 Å². The highest BCUT2D eigenvalue weighted by molar-refractivity contribution is 6.31. The molecule has 0 aliphatic carbocycles. The number of fused-ring (bicyclic) bond motifs is 2. The van der Waals surface area contributed by atoms with Crippen LogP contribution in [0.5, 0.6) is 0 Å². The molecule has 0 fully saturated rings. The highest BCUT2D eigenvalue weighted by Crippen LogP contribution is 2.30. The quantitative estimate of drug-likeness (QED) is 0.484. The molecular weight excluding hydrogens is 384 g/mol. The molecule has 0 amide bonds. The van der Waals surface area contributed by atoms with Crippen LogP contribution in [-0.4, -0.2) is 19.3 Å². The lowest BCUT2D eigenvalue weighted by molar-refractivity contribution is 0.725. The first-order valence-corrected chi connectivity index (χ1v) is 9.93. The largest absolute Gasteiger partial charge is 0.292 e. The van der Waals surface area contributed by atoms with Gasteiger partial charge in [0, 0.05) is 22.8 Å². The van der Waals surface area contributed by atoms with Gasteiger partial charge in [-0.1, -0.05) is 29.8 Å². The molecule has 3 heterocycles. The minimum absolute atomic E-state index is 0.0153. The zero-order valence-electron chi connectivity index (χ0n) is 16.2. The first-order chi connectivity index (χ1) is 14.0. The molecule has 4 aromatic rings. The highest BCUT2D eigenvalue weighted by Gasteiger charge is 2.22. The SMILES string of the molecule is Cc1nn(-c2ccccc2)c(C)c1/C=C1\CCn2c1nc1cc(Cl)ccc1c2=O. The van der Waals surface area contributed by atoms with Crippen LogP contribution in [0.15, 0.2) is 53.3 Å². The van der Waals surface area contributed by atoms with Crippen molar-refractivity contribution < 1.29 is 0 Å². The fourth-order valence-electron chi connectivity index (χ4n) is 3.99. The van der Waals surface area contributed by atoms with E-state index in [4.69, 9.17) is 21.7 Å². The molecular formula is C23H19ClN4O. The summed E-state index contributed by atoms with van der Waals surface area (Å²) in [5, 5.41) is 5.90. The Morgan fingerprint density at radius 1 is 1.10 bits per heavy atom. The molecule has 0 bridgehead atoms. The Hall–Kier alpha value is -3.18. The minimum Gasteiger partial charge on any atom is -0.292 e. The zero-order chi connectivity index (χ0) is 20.1. The van der Waals surface area contributed by atoms with E-state index in [0.29, 0.717) is 22.5 Å². The van der Waals surface area contributed by atoms with Gasteiger partial charge in [0.2, 0.25) is 0 Å². The second-order valence-corrected chi connectivity index (χ2v) is 7.74. The van der Waals surface area contributed by atoms with Crippen molar-refractivity contribution in [3.05, 3.63) is 86.7 Å². The Labute approximate surface area is 172 Å². The molecule has 1 aliphatic heterocycles. The summed E-state index contributed by atoms with van der Waals surface area (Å²) in [5.74, 6) is 0.719. The lowest BCUT2D eigenvalue weighted by Crippen LogP contribution is -2.20. The van der Waals surface area contributed by atoms with Crippen LogP contribution in [0.3, 0.4) is 0 Å². The molecule has 29 heavy (non-hydrogen) atoms. The van der Waals surface area contributed by atoms with E-state index in [2.05, 4.69) is 13.0 Å². The number of allylic oxidation sites excluding steroid dienone is 1. The summed E-state index contributed by atoms with van der Waals surface area (Å²) in [6.07, 6.45) is 2.89. The van der Waals surface area contributed by atoms with Crippen LogP contribution in [0.25, 0.3) is 28.2 Å². The lowest BCUT2D eigenvalue weighted by Gasteiger charge is -2.06. The maximum atomic E-state index is 12.9. The molecule has 0 saturated heterocycles. The summed E-state index contributed by atoms with van der Waals surface area (Å²) in [6, 6.07) is 15.3. The fourth-order valence-corrected chi connectivity index (χ4v) is 4.15. The van der Waals surface area contributed by atoms with Crippen LogP contribution in [0.2, 0.25) is 5.02 Å². The van der Waals surface area contributed by atoms with Crippen LogP contribution < -0.4 is 5.56 Å². The van der Waals surface area contributed by atoms with Gasteiger partial charge in [-0.2, -0.15) is 5.10 Å². The normalized spacial score (nSPS) is 14.7. The number of hydrogen-bond donors (Lipinski definition) is 0. The molecule has 5 nitrogen and oxygen atoms in total. The number of benzene rings is 2. The smallest absolute Gasteiger partial charge is 0.261 e. The first kappa shape index (κ1) is 17.9. The van der Waals surface area contributed by atoms with Gasteiger partial charge >= 0.3 is 0 Å². The Morgan fingerprint density at radius 2 is 1.90 bits per heavy atom. The van der Waals surface area contributed by atoms with Gasteiger partial charge in [0.1, 0.15) is 5.82 Å². The highest BCUT2D eigenvalue weighted by atomic mass is 35.5. The number of aryl methyl sites for hydroxylation is 1. The fraction of sp³-hybridized carbons (Fsp3) is 0.174. The standard InChI is InChI=1S/C23H19ClN4O/c1-14-20(15(2)28(26-14)18-6-4-3-5-7-18)12-16-10-11-27-22(16)25-21-13-17(24)8-9-19(21)23(27)29/h3-9,12-13H,10-11H2,1-2H3/b16-12+. The number of aromatic nitrogens is 4. The van der Waals surface area contributed by atoms with Crippen LogP contribution in [-0.2, 0) is 6.54 Å². The summed E-state index contributed by atoms with van der Waals surface area (Å²) in [4.78, 5) is 17.7. The van der Waals surface area contributed by atoms with Crippen molar-refractivity contribution in [1.29, 1.82) is 0 Å². The summed E-state index contributed by atoms with van der Waals surface area (Å²) in [6.45, 7) is 4.71. The van der Waals surface area contributed by atoms with Crippen molar-refractivity contribution >= 4 is 34.2 Å². The van der Waals surface area contributed by atoms with Crippen molar-refractivity contribution in [2.45, 2.75) is 26.8 Å². The summed E-state index contributed by atoms with van der Waals surface area (Å²) >= 11 is 6.12. The second-order valence-electron chi connectivity index (χ2n) is 7.31. The van der Waals surface area contributed by atoms with E-state index < -0.39 is 0 Å². The van der Waals surface area contributed by atoms with Crippen molar-refractivity contribution in [2.24, 2.45) is 0 Å². The van der Waals surface area contributed by atoms with Gasteiger partial charge in [-0.15, -0.1) is 0 Å². The third-order valence-corrected chi connectivity index (χ3v) is 5.71. The number of para-hydroxylation sites is 1. The first-order valence-electron chi connectivity index (χ1n) is 9.55. The van der Waals surface area contributed by atoms with Crippen LogP contribution >= 0.6 is 11.6 Å². The molecule has 2 aromatic heterocycles. The molecule has 2 aromatic carbocycles. The summed E-state index contributed by atoms with van der Waals surface area (Å²) < 4.78 is 3.71. The summed E-state index contributed by atoms with van der Waals surface area (Å²) in [5.41, 5.74) is 5.77. The number of nitrogens with zero attached hydrogens (tertiary/aromatic N) is 4. The Morgan fingerprint density at radius 3 is 2.69 bits per heavy atom. The zero-order valence-corrected chi connectivity index (χ0v) is 16.9. The van der Waals surface area contributed by atoms with Gasteiger partial charge in [0.15, 0.2) is 0 Å². The predicted octanol–water partition coefficient (Wildman–Crippen LogP) is 4.80. The van der Waals surface area contributed by atoms with E-state index >= 15 is 0 Å². The van der Waals surface area contributed by atoms with Gasteiger partial charge in [-0.3, -0.25) is 9.36 Å². The molecule has 0 spiro atoms. The third kappa shape index (κ3) is 2.89. The predicted molar refractivity (Wildman–Crippen MR) is 117 cm³/mol. The van der Waals surface area contributed by atoms with Gasteiger partial charge < -0.3 is 0 Å². The van der Waals surface area contributed by atoms with Crippen LogP contribution in [0.1, 0.15) is 29.2 Å². The molecule has 0 atom stereocenters. The molecule has 6 heteroatoms. The van der Waals surface area contributed by atoms with Crippen molar-refractivity contribution in [1.82, 2.24) is 19.3 Å². The van der Waals surface area contributed by atoms with Gasteiger partial charge in [-0.25, -0.2) is 9.67 Å². The van der Waals surface area contributed by atoms with E-state index in [9.17, 15) is 4.79 Å². The molecule has 144 valence electrons. The number of halogens is 1. The average Bonchev–Trinajstić information content (AvgIpc) is 3.25. The molecule has 0 saturated carbocycles. The third-order valence-electron chi connectivity index (χ3n) is 5.48. The minimum atomic E-state index is -0.0153. The van der Waals surface area contributed by atoms with E-state index in [1.165, 1.54) is 0 Å². The van der Waals surface area contributed by atoms with Crippen LogP contribution in [0, 0.1) is 13.8 Å². The average molecular weight is 403 g/mol. The number of rotatable bonds is 2. The van der Waals surface area contributed by atoms with Crippen molar-refractivity contribution in [3.63, 3.8) is 0 Å². The monoisotopic (exact) mass is 402 g/mol. The van der Waals surface area contributed by atoms with Crippen molar-refractivity contribution in [2.75, 3.05) is 0 Å². The number of hydrogen-bond acceptors (Lipinski definition) is 3. The Bertz CT molecular complexity index is 1350. The van der Waals surface area contributed by atoms with Crippen molar-refractivity contribution in [3.8, 4) is 5.69 Å². The van der Waals surface area contributed by atoms with Gasteiger partial charge in [-0.05, 0) is 62.2 Å². The lowest BCUT2D eigenvalue weighted by atomic mass is 10.1. The van der Waals surface area contributed by atoms with E-state index in [1.54, 1.807) is 22.8 Å². The van der Waals surface area contributed by atoms with E-state index in [-0.39, 0.29) is 5.56 Å². The summed E-state index contributed by atoms with van der Waals surface area (Å²) in [7, 11) is 0. The van der Waals surface area contributed by atoms with E-state index in [1.807, 2.05) is 41.9 Å². The molecule has 0 radical (unpaired) electrons. The van der Waals surface area contributed by atoms with Gasteiger partial charge in [0.05, 0.1) is 22.3 Å². The molecule has 0 N–H and O–H groups in total. The van der Waals surface area contributed by atoms with E-state index in [0.717, 1.165) is 40.5 Å². The van der Waals surface area contributed by atoms with Crippen LogP contribution in [0.4, 0.5) is 0 Å². The topological polar surface area (TPSA) is 52.7 Å². The molecule has 5 rings (SSSR count). The Kier molecular flexibility index (Phi) is 4.14. The Balaban J connectivity index is 1.66. The maximum Gasteiger partial charge on any atom is 0.261 e. The molecule has 0 unspecified atom stereocenters. The second kappa shape index (κ2) is 6.71. The maximum absolute atomic E-state index is 12.9. The molecule has 1 aliphatic rings.